The molecule has 36 heavy (non-hydrogen) atoms. The van der Waals surface area contributed by atoms with Gasteiger partial charge in [-0.05, 0) is 63.6 Å². The number of carbonyl (C=O) groups excluding carboxylic acids is 1. The highest BCUT2D eigenvalue weighted by Crippen LogP contribution is 2.36. The molecule has 13 heteroatoms. The Kier molecular flexibility index (Phi) is 7.43. The number of alkyl carbamates (subject to hydrolysis) is 1. The summed E-state index contributed by atoms with van der Waals surface area (Å²) in [6.45, 7) is 6.08. The maximum atomic E-state index is 15.0. The fourth-order valence-corrected chi connectivity index (χ4v) is 4.97. The number of nitrogens with zero attached hydrogens (tertiary/aromatic N) is 3. The molecule has 0 unspecified atom stereocenters. The first-order chi connectivity index (χ1) is 16.5. The first kappa shape index (κ1) is 27.5. The second-order valence-electron chi connectivity index (χ2n) is 9.28. The Morgan fingerprint density at radius 3 is 2.53 bits per heavy atom. The lowest BCUT2D eigenvalue weighted by Gasteiger charge is -2.36. The second kappa shape index (κ2) is 9.74. The largest absolute Gasteiger partial charge is 0.444 e. The Hall–Kier alpha value is -3.12. The third-order valence-corrected chi connectivity index (χ3v) is 7.20. The third-order valence-electron chi connectivity index (χ3n) is 5.04. The van der Waals surface area contributed by atoms with Crippen LogP contribution in [0.2, 0.25) is 5.02 Å². The van der Waals surface area contributed by atoms with Gasteiger partial charge < -0.3 is 4.74 Å². The van der Waals surface area contributed by atoms with Gasteiger partial charge in [0.1, 0.15) is 17.0 Å². The van der Waals surface area contributed by atoms with Gasteiger partial charge in [0.05, 0.1) is 16.5 Å². The number of hydrogen-bond acceptors (Lipinski definition) is 6. The van der Waals surface area contributed by atoms with Crippen LogP contribution >= 0.6 is 11.6 Å². The number of amides is 1. The van der Waals surface area contributed by atoms with Crippen LogP contribution in [0, 0.1) is 11.6 Å². The van der Waals surface area contributed by atoms with Crippen LogP contribution < -0.4 is 5.32 Å². The molecule has 194 valence electrons. The molecule has 2 heterocycles. The number of halogens is 4. The van der Waals surface area contributed by atoms with E-state index in [9.17, 15) is 26.4 Å². The van der Waals surface area contributed by atoms with Gasteiger partial charge in [0.2, 0.25) is 16.0 Å². The number of aromatic nitrogens is 1. The Labute approximate surface area is 211 Å². The number of hydrogen-bond donors (Lipinski definition) is 1. The molecule has 1 aromatic heterocycles. The van der Waals surface area contributed by atoms with Crippen molar-refractivity contribution < 1.29 is 31.1 Å². The number of ether oxygens (including phenoxy) is 1. The topological polar surface area (TPSA) is 101 Å². The van der Waals surface area contributed by atoms with E-state index in [1.54, 1.807) is 20.8 Å². The van der Waals surface area contributed by atoms with Crippen LogP contribution in [0.3, 0.4) is 0 Å². The fraction of sp³-hybridized carbons (Fsp3) is 0.348. The molecule has 1 aromatic carbocycles. The number of nitrogens with one attached hydrogen (secondary N) is 1. The summed E-state index contributed by atoms with van der Waals surface area (Å²) in [5.74, 6) is -4.76. The molecule has 8 nitrogen and oxygen atoms in total. The number of benzene rings is 1. The summed E-state index contributed by atoms with van der Waals surface area (Å²) in [6.07, 6.45) is 1.14. The van der Waals surface area contributed by atoms with E-state index in [0.717, 1.165) is 25.3 Å². The Bertz CT molecular complexity index is 1360. The molecular weight excluding hydrogens is 521 g/mol. The lowest BCUT2D eigenvalue weighted by atomic mass is 9.92. The van der Waals surface area contributed by atoms with Crippen LogP contribution in [0.4, 0.5) is 18.0 Å². The minimum atomic E-state index is -4.14. The summed E-state index contributed by atoms with van der Waals surface area (Å²) < 4.78 is 75.8. The third kappa shape index (κ3) is 6.16. The van der Waals surface area contributed by atoms with E-state index in [2.05, 4.69) is 15.3 Å². The number of aliphatic imine (C=N–C) groups is 1. The zero-order chi connectivity index (χ0) is 27.1. The zero-order valence-corrected chi connectivity index (χ0v) is 21.6. The molecule has 3 rings (SSSR count). The predicted molar refractivity (Wildman–Crippen MR) is 130 cm³/mol. The van der Waals surface area contributed by atoms with Crippen LogP contribution in [-0.2, 0) is 20.3 Å². The van der Waals surface area contributed by atoms with Gasteiger partial charge in [-0.2, -0.15) is 0 Å². The first-order valence-corrected chi connectivity index (χ1v) is 12.5. The van der Waals surface area contributed by atoms with E-state index in [1.165, 1.54) is 25.3 Å². The standard InChI is InChI=1S/C23H24ClF3N4O4S/c1-22(2,3)35-21(32)29-20-30-23(4,12-36(33,34)31(20)5)15-8-13(10-17(26)19(15)27)9-16(25)18-7-6-14(24)11-28-18/h6-11H,12H2,1-5H3,(H,29,30,32)/b16-9+/t23-/m0/s1. The van der Waals surface area contributed by atoms with Crippen LogP contribution in [0.1, 0.15) is 44.5 Å². The van der Waals surface area contributed by atoms with Crippen molar-refractivity contribution in [2.45, 2.75) is 38.8 Å². The molecule has 0 spiro atoms. The predicted octanol–water partition coefficient (Wildman–Crippen LogP) is 4.85. The summed E-state index contributed by atoms with van der Waals surface area (Å²) >= 11 is 5.75. The fourth-order valence-electron chi connectivity index (χ4n) is 3.38. The van der Waals surface area contributed by atoms with Crippen molar-refractivity contribution >= 4 is 45.6 Å². The molecule has 0 bridgehead atoms. The highest BCUT2D eigenvalue weighted by atomic mass is 35.5. The van der Waals surface area contributed by atoms with Crippen LogP contribution in [0.5, 0.6) is 0 Å². The molecule has 0 saturated heterocycles. The summed E-state index contributed by atoms with van der Waals surface area (Å²) in [6, 6.07) is 4.55. The average molecular weight is 545 g/mol. The smallest absolute Gasteiger partial charge is 0.414 e. The molecule has 2 aromatic rings. The van der Waals surface area contributed by atoms with Crippen molar-refractivity contribution in [3.63, 3.8) is 0 Å². The van der Waals surface area contributed by atoms with Gasteiger partial charge in [0, 0.05) is 18.8 Å². The van der Waals surface area contributed by atoms with Gasteiger partial charge in [-0.1, -0.05) is 11.6 Å². The van der Waals surface area contributed by atoms with Crippen molar-refractivity contribution in [3.8, 4) is 0 Å². The molecule has 0 aliphatic carbocycles. The second-order valence-corrected chi connectivity index (χ2v) is 11.7. The van der Waals surface area contributed by atoms with E-state index >= 15 is 0 Å². The van der Waals surface area contributed by atoms with Crippen molar-refractivity contribution in [2.24, 2.45) is 4.99 Å². The molecular formula is C23H24ClF3N4O4S. The highest BCUT2D eigenvalue weighted by molar-refractivity contribution is 7.89. The number of pyridine rings is 1. The Morgan fingerprint density at radius 2 is 1.94 bits per heavy atom. The minimum absolute atomic E-state index is 0.0966. The minimum Gasteiger partial charge on any atom is -0.444 e. The molecule has 0 radical (unpaired) electrons. The van der Waals surface area contributed by atoms with Crippen molar-refractivity contribution in [1.82, 2.24) is 14.6 Å². The monoisotopic (exact) mass is 544 g/mol. The van der Waals surface area contributed by atoms with Gasteiger partial charge >= 0.3 is 6.09 Å². The number of sulfonamides is 1. The maximum Gasteiger partial charge on any atom is 0.414 e. The highest BCUT2D eigenvalue weighted by Gasteiger charge is 2.43. The van der Waals surface area contributed by atoms with Crippen LogP contribution in [-0.4, -0.2) is 48.2 Å². The van der Waals surface area contributed by atoms with Gasteiger partial charge in [-0.25, -0.2) is 35.7 Å². The van der Waals surface area contributed by atoms with Gasteiger partial charge in [0.15, 0.2) is 11.6 Å². The zero-order valence-electron chi connectivity index (χ0n) is 20.1. The van der Waals surface area contributed by atoms with E-state index in [4.69, 9.17) is 16.3 Å². The summed E-state index contributed by atoms with van der Waals surface area (Å²) in [5, 5.41) is 2.53. The van der Waals surface area contributed by atoms with Crippen molar-refractivity contribution in [3.05, 3.63) is 63.9 Å². The van der Waals surface area contributed by atoms with E-state index < -0.39 is 62.0 Å². The molecule has 0 fully saturated rings. The summed E-state index contributed by atoms with van der Waals surface area (Å²) in [4.78, 5) is 20.3. The number of guanidine groups is 1. The van der Waals surface area contributed by atoms with Gasteiger partial charge in [-0.15, -0.1) is 0 Å². The van der Waals surface area contributed by atoms with Gasteiger partial charge in [0.25, 0.3) is 0 Å². The molecule has 1 N–H and O–H groups in total. The number of rotatable bonds is 3. The Morgan fingerprint density at radius 1 is 1.28 bits per heavy atom. The van der Waals surface area contributed by atoms with E-state index in [1.807, 2.05) is 0 Å². The quantitative estimate of drug-likeness (QED) is 0.595. The average Bonchev–Trinajstić information content (AvgIpc) is 2.73. The summed E-state index contributed by atoms with van der Waals surface area (Å²) in [5.41, 5.74) is -3.42. The van der Waals surface area contributed by atoms with Gasteiger partial charge in [-0.3, -0.25) is 10.3 Å². The molecule has 1 atom stereocenters. The number of carbonyl (C=O) groups is 1. The SMILES string of the molecule is CN1C(NC(=O)OC(C)(C)C)=N[C@](C)(c2cc(/C=C(/F)c3ccc(Cl)cn3)cc(F)c2F)CS1(=O)=O. The van der Waals surface area contributed by atoms with Crippen LogP contribution in [0.15, 0.2) is 35.5 Å². The molecule has 1 aliphatic heterocycles. The Balaban J connectivity index is 2.08. The normalized spacial score (nSPS) is 20.1. The lowest BCUT2D eigenvalue weighted by molar-refractivity contribution is 0.0559. The van der Waals surface area contributed by atoms with E-state index in [-0.39, 0.29) is 16.3 Å². The molecule has 1 aliphatic rings. The van der Waals surface area contributed by atoms with Crippen LogP contribution in [0.25, 0.3) is 11.9 Å². The first-order valence-electron chi connectivity index (χ1n) is 10.6. The maximum absolute atomic E-state index is 15.0. The van der Waals surface area contributed by atoms with Crippen molar-refractivity contribution in [2.75, 3.05) is 12.8 Å². The van der Waals surface area contributed by atoms with Crippen molar-refractivity contribution in [1.29, 1.82) is 0 Å². The molecule has 0 saturated carbocycles. The molecule has 1 amide bonds. The summed E-state index contributed by atoms with van der Waals surface area (Å²) in [7, 11) is -2.99. The lowest BCUT2D eigenvalue weighted by Crippen LogP contribution is -2.54. The van der Waals surface area contributed by atoms with E-state index in [0.29, 0.717) is 4.31 Å².